The number of hydrogen-bond donors (Lipinski definition) is 0. The predicted octanol–water partition coefficient (Wildman–Crippen LogP) is 11.3. The lowest BCUT2D eigenvalue weighted by atomic mass is 10.0. The topological polar surface area (TPSA) is 43.6 Å². The summed E-state index contributed by atoms with van der Waals surface area (Å²) in [5.74, 6) is -2.81. The lowest BCUT2D eigenvalue weighted by molar-refractivity contribution is 1.07. The highest BCUT2D eigenvalue weighted by atomic mass is 15.0. The van der Waals surface area contributed by atoms with E-state index < -0.39 is 265 Å². The molecule has 49 heavy (non-hydrogen) atoms. The van der Waals surface area contributed by atoms with Crippen LogP contribution in [0.25, 0.3) is 83.9 Å². The third kappa shape index (κ3) is 5.35. The zero-order valence-corrected chi connectivity index (χ0v) is 24.3. The fourth-order valence-corrected chi connectivity index (χ4v) is 4.80. The van der Waals surface area contributed by atoms with Crippen molar-refractivity contribution in [3.63, 3.8) is 0 Å². The largest absolute Gasteiger partial charge is 0.309 e. The number of hydrogen-bond acceptors (Lipinski definition) is 3. The molecule has 7 aromatic carbocycles. The molecular formula is C45H30N4. The number of benzene rings is 7. The monoisotopic (exact) mass is 656 g/mol. The van der Waals surface area contributed by atoms with Crippen molar-refractivity contribution >= 4 is 21.8 Å². The van der Waals surface area contributed by atoms with Crippen molar-refractivity contribution in [3.05, 3.63) is 181 Å². The Morgan fingerprint density at radius 1 is 0.327 bits per heavy atom. The SMILES string of the molecule is [2H]c1c([2H])c([2H])c(-c2nc(-c3c([2H])c([2H])c(-n4c5c([2H])c([2H])c([2H])c([2H])c5c5c([2H])c(-c6c([2H])c([2H])c([2H])c([2H])c6[2H])c([2H])c([2H])c54)c([2H])c3[2H])nc(-c3c([2H])c([2H])c([2H])c(-c4c([2H])c([2H])c([2H])c([2H])c4[2H])c3[2H])n2)c([2H])c1[2H]. The van der Waals surface area contributed by atoms with Gasteiger partial charge in [-0.1, -0.05) is 133 Å². The number of fused-ring (bicyclic) bond motifs is 3. The maximum absolute atomic E-state index is 9.51. The molecule has 0 unspecified atom stereocenters. The minimum absolute atomic E-state index is 0.590. The third-order valence-electron chi connectivity index (χ3n) is 6.92. The van der Waals surface area contributed by atoms with Crippen LogP contribution in [0.4, 0.5) is 0 Å². The first-order valence-corrected chi connectivity index (χ1v) is 14.0. The van der Waals surface area contributed by atoms with E-state index in [4.69, 9.17) is 31.5 Å². The van der Waals surface area contributed by atoms with Crippen molar-refractivity contribution < 1.29 is 41.1 Å². The van der Waals surface area contributed by atoms with Gasteiger partial charge in [0.25, 0.3) is 0 Å². The molecule has 4 heteroatoms. The van der Waals surface area contributed by atoms with E-state index in [1.165, 1.54) is 0 Å². The van der Waals surface area contributed by atoms with Crippen LogP contribution in [-0.4, -0.2) is 19.5 Å². The molecule has 0 aliphatic carbocycles. The van der Waals surface area contributed by atoms with Gasteiger partial charge in [0.15, 0.2) is 17.5 Å². The molecule has 0 amide bonds. The molecule has 2 aromatic heterocycles. The van der Waals surface area contributed by atoms with Gasteiger partial charge in [-0.15, -0.1) is 0 Å². The van der Waals surface area contributed by atoms with Crippen LogP contribution in [0, 0.1) is 0 Å². The molecule has 0 spiro atoms. The van der Waals surface area contributed by atoms with Gasteiger partial charge in [0, 0.05) is 33.2 Å². The first kappa shape index (κ1) is 11.2. The van der Waals surface area contributed by atoms with Crippen LogP contribution < -0.4 is 0 Å². The molecule has 0 fully saturated rings. The fraction of sp³-hybridized carbons (Fsp3) is 0. The quantitative estimate of drug-likeness (QED) is 0.179. The van der Waals surface area contributed by atoms with E-state index in [2.05, 4.69) is 15.0 Å². The van der Waals surface area contributed by atoms with Gasteiger partial charge in [-0.25, -0.2) is 15.0 Å². The van der Waals surface area contributed by atoms with Gasteiger partial charge < -0.3 is 4.57 Å². The second-order valence-electron chi connectivity index (χ2n) is 9.81. The summed E-state index contributed by atoms with van der Waals surface area (Å²) in [6, 6.07) is -28.7. The summed E-state index contributed by atoms with van der Waals surface area (Å²) in [7, 11) is 0. The summed E-state index contributed by atoms with van der Waals surface area (Å²) in [4.78, 5) is 12.7. The van der Waals surface area contributed by atoms with Gasteiger partial charge in [0.1, 0.15) is 0 Å². The third-order valence-corrected chi connectivity index (χ3v) is 6.92. The minimum atomic E-state index is -1.13. The normalized spacial score (nSPS) is 19.8. The standard InChI is InChI=1S/C45H30N4/c1-4-13-31(14-5-1)35-19-12-20-37(29-35)45-47-43(33-17-8-3-9-18-33)46-44(48-45)34-23-26-38(27-24-34)49-41-22-11-10-21-39(41)40-30-36(25-28-42(40)49)32-15-6-2-7-16-32/h1-30H/i1D,2D,3D,4D,5D,6D,7D,8D,9D,10D,11D,12D,13D,14D,15D,16D,17D,18D,19D,20D,21D,22D,23D,24D,25D,26D,27D,28D,29D,30D. The smallest absolute Gasteiger partial charge is 0.164 e. The maximum Gasteiger partial charge on any atom is 0.164 e. The molecule has 0 N–H and O–H groups in total. The van der Waals surface area contributed by atoms with Gasteiger partial charge in [0.05, 0.1) is 52.2 Å². The van der Waals surface area contributed by atoms with Crippen molar-refractivity contribution in [2.45, 2.75) is 0 Å². The van der Waals surface area contributed by atoms with Crippen LogP contribution >= 0.6 is 0 Å². The highest BCUT2D eigenvalue weighted by molar-refractivity contribution is 6.10. The summed E-state index contributed by atoms with van der Waals surface area (Å²) in [5.41, 5.74) is -7.88. The molecule has 2 heterocycles. The first-order valence-electron chi connectivity index (χ1n) is 29.0. The van der Waals surface area contributed by atoms with Crippen molar-refractivity contribution in [1.29, 1.82) is 0 Å². The predicted molar refractivity (Wildman–Crippen MR) is 201 cm³/mol. The van der Waals surface area contributed by atoms with Gasteiger partial charge in [-0.05, 0) is 70.6 Å². The molecule has 4 nitrogen and oxygen atoms in total. The molecular weight excluding hydrogens is 597 g/mol. The van der Waals surface area contributed by atoms with Crippen LogP contribution in [-0.2, 0) is 0 Å². The summed E-state index contributed by atoms with van der Waals surface area (Å²) in [5, 5.41) is -1.20. The Hall–Kier alpha value is -6.65. The lowest BCUT2D eigenvalue weighted by Crippen LogP contribution is -2.00. The molecule has 0 aliphatic heterocycles. The Morgan fingerprint density at radius 3 is 1.43 bits per heavy atom. The van der Waals surface area contributed by atoms with Crippen LogP contribution in [0.15, 0.2) is 181 Å². The number of rotatable bonds is 6. The molecule has 0 radical (unpaired) electrons. The molecule has 230 valence electrons. The number of para-hydroxylation sites is 1. The zero-order valence-electron chi connectivity index (χ0n) is 54.3. The van der Waals surface area contributed by atoms with Crippen LogP contribution in [0.1, 0.15) is 41.1 Å². The zero-order chi connectivity index (χ0) is 58.7. The molecule has 9 rings (SSSR count). The van der Waals surface area contributed by atoms with E-state index in [9.17, 15) is 9.60 Å². The van der Waals surface area contributed by atoms with Crippen LogP contribution in [0.3, 0.4) is 0 Å². The average Bonchev–Trinajstić information content (AvgIpc) is 4.01. The summed E-state index contributed by atoms with van der Waals surface area (Å²) in [6.07, 6.45) is 0. The van der Waals surface area contributed by atoms with E-state index in [0.717, 1.165) is 0 Å². The number of aromatic nitrogens is 4. The molecule has 0 bridgehead atoms. The van der Waals surface area contributed by atoms with E-state index in [-0.39, 0.29) is 0 Å². The van der Waals surface area contributed by atoms with Crippen molar-refractivity contribution in [3.8, 4) is 62.1 Å². The molecule has 0 saturated heterocycles. The number of nitrogens with zero attached hydrogens (tertiary/aromatic N) is 4. The summed E-state index contributed by atoms with van der Waals surface area (Å²) in [6.45, 7) is 0. The molecule has 9 aromatic rings. The Balaban J connectivity index is 1.43. The van der Waals surface area contributed by atoms with Gasteiger partial charge in [-0.3, -0.25) is 0 Å². The fourth-order valence-electron chi connectivity index (χ4n) is 4.80. The van der Waals surface area contributed by atoms with Gasteiger partial charge in [-0.2, -0.15) is 0 Å². The second kappa shape index (κ2) is 12.2. The highest BCUT2D eigenvalue weighted by Gasteiger charge is 2.16. The Bertz CT molecular complexity index is 4210. The first-order chi connectivity index (χ1) is 36.8. The van der Waals surface area contributed by atoms with Crippen LogP contribution in [0.2, 0.25) is 0 Å². The van der Waals surface area contributed by atoms with Crippen molar-refractivity contribution in [2.75, 3.05) is 0 Å². The average molecular weight is 657 g/mol. The highest BCUT2D eigenvalue weighted by Crippen LogP contribution is 2.35. The molecule has 0 atom stereocenters. The Kier molecular flexibility index (Phi) is 2.79. The van der Waals surface area contributed by atoms with Gasteiger partial charge >= 0.3 is 0 Å². The van der Waals surface area contributed by atoms with E-state index in [0.29, 0.717) is 4.57 Å². The minimum Gasteiger partial charge on any atom is -0.309 e. The molecule has 0 saturated carbocycles. The van der Waals surface area contributed by atoms with Gasteiger partial charge in [0.2, 0.25) is 0 Å². The lowest BCUT2D eigenvalue weighted by Gasteiger charge is -2.11. The maximum atomic E-state index is 9.51. The molecule has 0 aliphatic rings. The second-order valence-corrected chi connectivity index (χ2v) is 9.81. The van der Waals surface area contributed by atoms with E-state index in [1.54, 1.807) is 0 Å². The van der Waals surface area contributed by atoms with Crippen molar-refractivity contribution in [1.82, 2.24) is 19.5 Å². The van der Waals surface area contributed by atoms with E-state index >= 15 is 0 Å². The summed E-state index contributed by atoms with van der Waals surface area (Å²) >= 11 is 0. The van der Waals surface area contributed by atoms with E-state index in [1.807, 2.05) is 0 Å². The summed E-state index contributed by atoms with van der Waals surface area (Å²) < 4.78 is 264. The van der Waals surface area contributed by atoms with Crippen molar-refractivity contribution in [2.24, 2.45) is 0 Å². The Morgan fingerprint density at radius 2 is 0.776 bits per heavy atom. The Labute approximate surface area is 326 Å². The van der Waals surface area contributed by atoms with Crippen LogP contribution in [0.5, 0.6) is 0 Å².